The van der Waals surface area contributed by atoms with Gasteiger partial charge in [-0.05, 0) is 23.8 Å². The highest BCUT2D eigenvalue weighted by Gasteiger charge is 2.21. The molecule has 2 aromatic carbocycles. The number of hydrogen-bond acceptors (Lipinski definition) is 2. The summed E-state index contributed by atoms with van der Waals surface area (Å²) >= 11 is 6.07. The second-order valence-corrected chi connectivity index (χ2v) is 6.58. The molecule has 1 aliphatic rings. The van der Waals surface area contributed by atoms with Crippen LogP contribution < -0.4 is 0 Å². The van der Waals surface area contributed by atoms with Crippen molar-refractivity contribution in [2.24, 2.45) is 0 Å². The highest BCUT2D eigenvalue weighted by atomic mass is 35.5. The minimum atomic E-state index is -0.832. The molecule has 6 heteroatoms. The average molecular weight is 377 g/mol. The first kappa shape index (κ1) is 18.5. The van der Waals surface area contributed by atoms with Crippen molar-refractivity contribution in [3.8, 4) is 0 Å². The quantitative estimate of drug-likeness (QED) is 0.754. The lowest BCUT2D eigenvalue weighted by atomic mass is 10.1. The number of halogens is 3. The maximum absolute atomic E-state index is 13.8. The molecule has 2 aromatic rings. The van der Waals surface area contributed by atoms with Crippen LogP contribution in [0.4, 0.5) is 8.78 Å². The van der Waals surface area contributed by atoms with Crippen molar-refractivity contribution in [3.63, 3.8) is 0 Å². The third-order valence-electron chi connectivity index (χ3n) is 4.42. The lowest BCUT2D eigenvalue weighted by molar-refractivity contribution is -0.127. The van der Waals surface area contributed by atoms with Crippen molar-refractivity contribution in [2.75, 3.05) is 26.2 Å². The smallest absolute Gasteiger partial charge is 0.246 e. The van der Waals surface area contributed by atoms with Gasteiger partial charge in [-0.25, -0.2) is 8.78 Å². The van der Waals surface area contributed by atoms with Crippen molar-refractivity contribution >= 4 is 23.6 Å². The molecule has 1 heterocycles. The fraction of sp³-hybridized carbons (Fsp3) is 0.250. The average Bonchev–Trinajstić information content (AvgIpc) is 2.65. The Morgan fingerprint density at radius 3 is 2.50 bits per heavy atom. The number of hydrogen-bond donors (Lipinski definition) is 0. The monoisotopic (exact) mass is 376 g/mol. The lowest BCUT2D eigenvalue weighted by Crippen LogP contribution is -2.47. The molecular formula is C20H19ClF2N2O. The topological polar surface area (TPSA) is 23.6 Å². The van der Waals surface area contributed by atoms with Crippen LogP contribution in [-0.4, -0.2) is 41.9 Å². The van der Waals surface area contributed by atoms with Crippen LogP contribution >= 0.6 is 11.6 Å². The Morgan fingerprint density at radius 1 is 1.04 bits per heavy atom. The summed E-state index contributed by atoms with van der Waals surface area (Å²) in [6.45, 7) is 2.65. The molecule has 0 radical (unpaired) electrons. The van der Waals surface area contributed by atoms with E-state index in [1.54, 1.807) is 23.1 Å². The zero-order valence-corrected chi connectivity index (χ0v) is 14.9. The number of rotatable bonds is 4. The van der Waals surface area contributed by atoms with E-state index in [9.17, 15) is 13.6 Å². The third kappa shape index (κ3) is 4.48. The molecule has 1 saturated heterocycles. The van der Waals surface area contributed by atoms with Crippen LogP contribution in [0.1, 0.15) is 11.1 Å². The fourth-order valence-electron chi connectivity index (χ4n) is 2.91. The molecule has 3 nitrogen and oxygen atoms in total. The maximum atomic E-state index is 13.8. The number of piperazine rings is 1. The summed E-state index contributed by atoms with van der Waals surface area (Å²) in [7, 11) is 0. The summed E-state index contributed by atoms with van der Waals surface area (Å²) < 4.78 is 27.1. The molecule has 0 N–H and O–H groups in total. The van der Waals surface area contributed by atoms with Gasteiger partial charge in [-0.1, -0.05) is 41.9 Å². The first-order valence-corrected chi connectivity index (χ1v) is 8.79. The minimum Gasteiger partial charge on any atom is -0.337 e. The molecule has 26 heavy (non-hydrogen) atoms. The van der Waals surface area contributed by atoms with Gasteiger partial charge in [-0.15, -0.1) is 0 Å². The van der Waals surface area contributed by atoms with Crippen LogP contribution in [-0.2, 0) is 11.3 Å². The molecule has 0 saturated carbocycles. The van der Waals surface area contributed by atoms with Gasteiger partial charge in [-0.2, -0.15) is 0 Å². The molecule has 136 valence electrons. The minimum absolute atomic E-state index is 0.0819. The number of nitrogens with zero attached hydrogens (tertiary/aromatic N) is 2. The molecule has 1 aliphatic heterocycles. The molecule has 3 rings (SSSR count). The van der Waals surface area contributed by atoms with E-state index in [-0.39, 0.29) is 5.91 Å². The molecular weight excluding hydrogens is 358 g/mol. The Labute approximate surface area is 156 Å². The molecule has 0 atom stereocenters. The first-order chi connectivity index (χ1) is 12.5. The van der Waals surface area contributed by atoms with Crippen molar-refractivity contribution < 1.29 is 13.6 Å². The Hall–Kier alpha value is -2.24. The van der Waals surface area contributed by atoms with Gasteiger partial charge in [-0.3, -0.25) is 9.69 Å². The third-order valence-corrected chi connectivity index (χ3v) is 4.76. The van der Waals surface area contributed by atoms with E-state index >= 15 is 0 Å². The van der Waals surface area contributed by atoms with Gasteiger partial charge in [0.05, 0.1) is 0 Å². The number of benzene rings is 2. The van der Waals surface area contributed by atoms with Crippen LogP contribution in [0.2, 0.25) is 5.02 Å². The van der Waals surface area contributed by atoms with E-state index in [0.717, 1.165) is 11.6 Å². The molecule has 0 unspecified atom stereocenters. The standard InChI is InChI=1S/C20H19ClF2N2O/c21-17-6-2-1-4-15(17)8-9-19(26)25-12-10-24(11-13-25)14-16-5-3-7-18(22)20(16)23/h1-9H,10-14H2/b9-8+. The van der Waals surface area contributed by atoms with Crippen molar-refractivity contribution in [3.05, 3.63) is 76.3 Å². The molecule has 1 fully saturated rings. The highest BCUT2D eigenvalue weighted by molar-refractivity contribution is 6.32. The number of carbonyl (C=O) groups is 1. The van der Waals surface area contributed by atoms with Crippen LogP contribution in [0.3, 0.4) is 0 Å². The van der Waals surface area contributed by atoms with Crippen LogP contribution in [0.15, 0.2) is 48.5 Å². The number of carbonyl (C=O) groups excluding carboxylic acids is 1. The molecule has 0 aliphatic carbocycles. The van der Waals surface area contributed by atoms with Gasteiger partial charge in [0.1, 0.15) is 0 Å². The van der Waals surface area contributed by atoms with Gasteiger partial charge < -0.3 is 4.90 Å². The molecule has 1 amide bonds. The van der Waals surface area contributed by atoms with Crippen LogP contribution in [0, 0.1) is 11.6 Å². The molecule has 0 bridgehead atoms. The predicted octanol–water partition coefficient (Wildman–Crippen LogP) is 3.98. The van der Waals surface area contributed by atoms with Crippen LogP contribution in [0.25, 0.3) is 6.08 Å². The predicted molar refractivity (Wildman–Crippen MR) is 98.7 cm³/mol. The molecule has 0 aromatic heterocycles. The zero-order chi connectivity index (χ0) is 18.5. The van der Waals surface area contributed by atoms with E-state index in [2.05, 4.69) is 0 Å². The lowest BCUT2D eigenvalue weighted by Gasteiger charge is -2.34. The van der Waals surface area contributed by atoms with Gasteiger partial charge in [0.15, 0.2) is 11.6 Å². The normalized spacial score (nSPS) is 15.6. The van der Waals surface area contributed by atoms with E-state index in [4.69, 9.17) is 11.6 Å². The van der Waals surface area contributed by atoms with E-state index < -0.39 is 11.6 Å². The summed E-state index contributed by atoms with van der Waals surface area (Å²) in [4.78, 5) is 16.1. The zero-order valence-electron chi connectivity index (χ0n) is 14.2. The van der Waals surface area contributed by atoms with Crippen molar-refractivity contribution in [1.82, 2.24) is 9.80 Å². The largest absolute Gasteiger partial charge is 0.337 e. The Bertz CT molecular complexity index is 817. The Kier molecular flexibility index (Phi) is 6.01. The second kappa shape index (κ2) is 8.43. The SMILES string of the molecule is O=C(/C=C/c1ccccc1Cl)N1CCN(Cc2cccc(F)c2F)CC1. The Morgan fingerprint density at radius 2 is 1.77 bits per heavy atom. The maximum Gasteiger partial charge on any atom is 0.246 e. The van der Waals surface area contributed by atoms with Gasteiger partial charge in [0, 0.05) is 49.4 Å². The van der Waals surface area contributed by atoms with E-state index in [0.29, 0.717) is 43.3 Å². The first-order valence-electron chi connectivity index (χ1n) is 8.41. The van der Waals surface area contributed by atoms with Gasteiger partial charge in [0.2, 0.25) is 5.91 Å². The second-order valence-electron chi connectivity index (χ2n) is 6.17. The Balaban J connectivity index is 1.54. The van der Waals surface area contributed by atoms with Gasteiger partial charge in [0.25, 0.3) is 0 Å². The number of amides is 1. The summed E-state index contributed by atoms with van der Waals surface area (Å²) in [5.74, 6) is -1.71. The van der Waals surface area contributed by atoms with Crippen molar-refractivity contribution in [1.29, 1.82) is 0 Å². The highest BCUT2D eigenvalue weighted by Crippen LogP contribution is 2.17. The van der Waals surface area contributed by atoms with Crippen LogP contribution in [0.5, 0.6) is 0 Å². The van der Waals surface area contributed by atoms with Crippen molar-refractivity contribution in [2.45, 2.75) is 6.54 Å². The fourth-order valence-corrected chi connectivity index (χ4v) is 3.11. The van der Waals surface area contributed by atoms with Gasteiger partial charge >= 0.3 is 0 Å². The summed E-state index contributed by atoms with van der Waals surface area (Å²) in [5, 5.41) is 0.596. The summed E-state index contributed by atoms with van der Waals surface area (Å²) in [5.41, 5.74) is 1.13. The van der Waals surface area contributed by atoms with E-state index in [1.807, 2.05) is 23.1 Å². The molecule has 0 spiro atoms. The summed E-state index contributed by atoms with van der Waals surface area (Å²) in [6, 6.07) is 11.5. The summed E-state index contributed by atoms with van der Waals surface area (Å²) in [6.07, 6.45) is 3.22. The van der Waals surface area contributed by atoms with E-state index in [1.165, 1.54) is 12.1 Å².